The first kappa shape index (κ1) is 17.9. The molecule has 0 aliphatic carbocycles. The van der Waals surface area contributed by atoms with Crippen molar-refractivity contribution in [1.29, 1.82) is 0 Å². The monoisotopic (exact) mass is 272 g/mol. The zero-order chi connectivity index (χ0) is 15.1. The van der Waals surface area contributed by atoms with E-state index in [4.69, 9.17) is 10.8 Å². The van der Waals surface area contributed by atoms with Crippen LogP contribution in [-0.2, 0) is 9.59 Å². The van der Waals surface area contributed by atoms with E-state index in [1.807, 2.05) is 27.7 Å². The zero-order valence-corrected chi connectivity index (χ0v) is 12.5. The van der Waals surface area contributed by atoms with Crippen LogP contribution in [0.15, 0.2) is 0 Å². The number of nitrogens with two attached hydrogens (primary N) is 1. The third kappa shape index (κ3) is 6.57. The van der Waals surface area contributed by atoms with Gasteiger partial charge in [0.1, 0.15) is 0 Å². The number of hydrogen-bond donors (Lipinski definition) is 3. The van der Waals surface area contributed by atoms with E-state index in [9.17, 15) is 9.59 Å². The maximum absolute atomic E-state index is 12.0. The van der Waals surface area contributed by atoms with Gasteiger partial charge in [0.25, 0.3) is 0 Å². The minimum absolute atomic E-state index is 0.0422. The Morgan fingerprint density at radius 1 is 1.26 bits per heavy atom. The van der Waals surface area contributed by atoms with Crippen LogP contribution >= 0.6 is 0 Å². The predicted octanol–water partition coefficient (Wildman–Crippen LogP) is 1.76. The summed E-state index contributed by atoms with van der Waals surface area (Å²) in [5.41, 5.74) is 5.16. The summed E-state index contributed by atoms with van der Waals surface area (Å²) in [5, 5.41) is 11.7. The Morgan fingerprint density at radius 3 is 2.16 bits per heavy atom. The summed E-state index contributed by atoms with van der Waals surface area (Å²) >= 11 is 0. The van der Waals surface area contributed by atoms with E-state index in [1.165, 1.54) is 0 Å². The lowest BCUT2D eigenvalue weighted by molar-refractivity contribution is -0.138. The van der Waals surface area contributed by atoms with E-state index >= 15 is 0 Å². The van der Waals surface area contributed by atoms with Crippen LogP contribution in [0.2, 0.25) is 0 Å². The summed E-state index contributed by atoms with van der Waals surface area (Å²) in [6, 6.07) is 0. The van der Waals surface area contributed by atoms with E-state index in [0.29, 0.717) is 25.3 Å². The van der Waals surface area contributed by atoms with E-state index in [0.717, 1.165) is 6.42 Å². The summed E-state index contributed by atoms with van der Waals surface area (Å²) in [4.78, 5) is 22.8. The number of amides is 1. The maximum Gasteiger partial charge on any atom is 0.303 e. The topological polar surface area (TPSA) is 92.4 Å². The fourth-order valence-electron chi connectivity index (χ4n) is 2.14. The van der Waals surface area contributed by atoms with Crippen molar-refractivity contribution in [2.75, 3.05) is 6.54 Å². The van der Waals surface area contributed by atoms with Gasteiger partial charge in [0.05, 0.1) is 5.54 Å². The summed E-state index contributed by atoms with van der Waals surface area (Å²) < 4.78 is 0. The molecule has 0 aliphatic heterocycles. The highest BCUT2D eigenvalue weighted by molar-refractivity contribution is 5.85. The van der Waals surface area contributed by atoms with Crippen molar-refractivity contribution < 1.29 is 14.7 Å². The van der Waals surface area contributed by atoms with E-state index < -0.39 is 11.5 Å². The van der Waals surface area contributed by atoms with Crippen molar-refractivity contribution in [3.8, 4) is 0 Å². The molecule has 0 radical (unpaired) electrons. The number of carboxylic acid groups (broad SMARTS) is 1. The third-order valence-electron chi connectivity index (χ3n) is 3.53. The Balaban J connectivity index is 4.45. The first-order valence-electron chi connectivity index (χ1n) is 7.04. The number of aliphatic carboxylic acids is 1. The molecule has 0 rings (SSSR count). The summed E-state index contributed by atoms with van der Waals surface area (Å²) in [6.07, 6.45) is 2.00. The van der Waals surface area contributed by atoms with Gasteiger partial charge in [-0.2, -0.15) is 0 Å². The van der Waals surface area contributed by atoms with Crippen molar-refractivity contribution in [1.82, 2.24) is 5.32 Å². The molecule has 112 valence electrons. The van der Waals surface area contributed by atoms with Gasteiger partial charge in [-0.3, -0.25) is 9.59 Å². The lowest BCUT2D eigenvalue weighted by Gasteiger charge is -2.27. The van der Waals surface area contributed by atoms with Gasteiger partial charge >= 0.3 is 5.97 Å². The second-order valence-electron chi connectivity index (χ2n) is 5.67. The molecule has 0 fully saturated rings. The lowest BCUT2D eigenvalue weighted by Crippen LogP contribution is -2.54. The highest BCUT2D eigenvalue weighted by atomic mass is 16.4. The van der Waals surface area contributed by atoms with Crippen LogP contribution < -0.4 is 11.1 Å². The molecule has 5 heteroatoms. The van der Waals surface area contributed by atoms with Crippen molar-refractivity contribution in [3.63, 3.8) is 0 Å². The van der Waals surface area contributed by atoms with Crippen molar-refractivity contribution in [2.24, 2.45) is 17.6 Å². The zero-order valence-electron chi connectivity index (χ0n) is 12.5. The van der Waals surface area contributed by atoms with Gasteiger partial charge in [-0.25, -0.2) is 0 Å². The molecule has 1 amide bonds. The lowest BCUT2D eigenvalue weighted by atomic mass is 9.91. The minimum Gasteiger partial charge on any atom is -0.481 e. The third-order valence-corrected chi connectivity index (χ3v) is 3.53. The molecule has 1 atom stereocenters. The molecule has 0 heterocycles. The molecule has 0 aromatic carbocycles. The van der Waals surface area contributed by atoms with Crippen molar-refractivity contribution in [2.45, 2.75) is 58.9 Å². The second kappa shape index (κ2) is 8.15. The Kier molecular flexibility index (Phi) is 7.68. The predicted molar refractivity (Wildman–Crippen MR) is 75.7 cm³/mol. The molecule has 19 heavy (non-hydrogen) atoms. The molecule has 0 aromatic rings. The molecule has 1 unspecified atom stereocenters. The SMILES string of the molecule is CCC(N)(CC)C(=O)NCC(CC(=O)O)CC(C)C. The van der Waals surface area contributed by atoms with Crippen molar-refractivity contribution >= 4 is 11.9 Å². The van der Waals surface area contributed by atoms with Gasteiger partial charge in [-0.1, -0.05) is 27.7 Å². The summed E-state index contributed by atoms with van der Waals surface area (Å²) in [6.45, 7) is 8.23. The van der Waals surface area contributed by atoms with E-state index in [-0.39, 0.29) is 18.2 Å². The molecule has 0 saturated carbocycles. The van der Waals surface area contributed by atoms with Gasteiger partial charge in [0, 0.05) is 13.0 Å². The molecule has 0 spiro atoms. The number of hydrogen-bond acceptors (Lipinski definition) is 3. The normalized spacial score (nSPS) is 13.4. The number of nitrogens with one attached hydrogen (secondary N) is 1. The van der Waals surface area contributed by atoms with Crippen LogP contribution in [0.25, 0.3) is 0 Å². The molecule has 0 aromatic heterocycles. The second-order valence-corrected chi connectivity index (χ2v) is 5.67. The smallest absolute Gasteiger partial charge is 0.303 e. The summed E-state index contributed by atoms with van der Waals surface area (Å²) in [7, 11) is 0. The first-order valence-corrected chi connectivity index (χ1v) is 7.04. The van der Waals surface area contributed by atoms with Gasteiger partial charge in [-0.15, -0.1) is 0 Å². The molecular weight excluding hydrogens is 244 g/mol. The Hall–Kier alpha value is -1.10. The highest BCUT2D eigenvalue weighted by Gasteiger charge is 2.30. The highest BCUT2D eigenvalue weighted by Crippen LogP contribution is 2.16. The standard InChI is InChI=1S/C14H28N2O3/c1-5-14(15,6-2)13(19)16-9-11(7-10(3)4)8-12(17)18/h10-11H,5-9,15H2,1-4H3,(H,16,19)(H,17,18). The van der Waals surface area contributed by atoms with E-state index in [1.54, 1.807) is 0 Å². The number of carboxylic acids is 1. The first-order chi connectivity index (χ1) is 8.75. The van der Waals surface area contributed by atoms with Gasteiger partial charge in [-0.05, 0) is 31.1 Å². The van der Waals surface area contributed by atoms with Crippen molar-refractivity contribution in [3.05, 3.63) is 0 Å². The summed E-state index contributed by atoms with van der Waals surface area (Å²) in [5.74, 6) is -0.651. The fourth-order valence-corrected chi connectivity index (χ4v) is 2.14. The fraction of sp³-hybridized carbons (Fsp3) is 0.857. The largest absolute Gasteiger partial charge is 0.481 e. The Labute approximate surface area is 115 Å². The molecular formula is C14H28N2O3. The minimum atomic E-state index is -0.842. The van der Waals surface area contributed by atoms with Gasteiger partial charge in [0.2, 0.25) is 5.91 Å². The number of carbonyl (C=O) groups excluding carboxylic acids is 1. The number of carbonyl (C=O) groups is 2. The Bertz CT molecular complexity index is 299. The molecule has 4 N–H and O–H groups in total. The van der Waals surface area contributed by atoms with E-state index in [2.05, 4.69) is 5.32 Å². The van der Waals surface area contributed by atoms with Crippen LogP contribution in [0.3, 0.4) is 0 Å². The molecule has 5 nitrogen and oxygen atoms in total. The van der Waals surface area contributed by atoms with Gasteiger partial charge < -0.3 is 16.2 Å². The maximum atomic E-state index is 12.0. The van der Waals surface area contributed by atoms with Crippen LogP contribution in [0.5, 0.6) is 0 Å². The number of rotatable bonds is 9. The van der Waals surface area contributed by atoms with Crippen LogP contribution in [0, 0.1) is 11.8 Å². The molecule has 0 bridgehead atoms. The Morgan fingerprint density at radius 2 is 1.79 bits per heavy atom. The average molecular weight is 272 g/mol. The van der Waals surface area contributed by atoms with Gasteiger partial charge in [0.15, 0.2) is 0 Å². The quantitative estimate of drug-likeness (QED) is 0.596. The van der Waals surface area contributed by atoms with Crippen LogP contribution in [-0.4, -0.2) is 29.1 Å². The van der Waals surface area contributed by atoms with Crippen LogP contribution in [0.4, 0.5) is 0 Å². The average Bonchev–Trinajstić information content (AvgIpc) is 2.33. The molecule has 0 aliphatic rings. The molecule has 0 saturated heterocycles. The van der Waals surface area contributed by atoms with Crippen LogP contribution in [0.1, 0.15) is 53.4 Å².